The molecule has 1 aromatic heterocycles. The standard InChI is InChI=1S/C23H25F3N2O5/c1-13(2)22(23(31)33-12-17-4-3-7-32-17)27-19(29)10-16-5-6-20(30)28(16)11-14-8-15(24)9-18(25)21(14)26/h3-4,7-9,13,16,22H,5-6,10-12H2,1-2H3,(H,27,29)/t16-,22-/m0/s1. The van der Waals surface area contributed by atoms with Gasteiger partial charge in [0.2, 0.25) is 11.8 Å². The predicted molar refractivity (Wildman–Crippen MR) is 110 cm³/mol. The van der Waals surface area contributed by atoms with E-state index in [4.69, 9.17) is 9.15 Å². The summed E-state index contributed by atoms with van der Waals surface area (Å²) in [4.78, 5) is 38.6. The van der Waals surface area contributed by atoms with Gasteiger partial charge in [0.1, 0.15) is 24.2 Å². The molecule has 0 bridgehead atoms. The Morgan fingerprint density at radius 1 is 1.27 bits per heavy atom. The second-order valence-electron chi connectivity index (χ2n) is 8.26. The Morgan fingerprint density at radius 2 is 2.03 bits per heavy atom. The summed E-state index contributed by atoms with van der Waals surface area (Å²) in [7, 11) is 0. The van der Waals surface area contributed by atoms with Crippen molar-refractivity contribution in [2.75, 3.05) is 0 Å². The van der Waals surface area contributed by atoms with Crippen LogP contribution in [0, 0.1) is 23.4 Å². The molecule has 1 N–H and O–H groups in total. The van der Waals surface area contributed by atoms with E-state index >= 15 is 0 Å². The topological polar surface area (TPSA) is 88.9 Å². The van der Waals surface area contributed by atoms with Gasteiger partial charge < -0.3 is 19.4 Å². The van der Waals surface area contributed by atoms with Crippen molar-refractivity contribution in [1.82, 2.24) is 10.2 Å². The van der Waals surface area contributed by atoms with Crippen LogP contribution in [-0.2, 0) is 32.3 Å². The first-order valence-electron chi connectivity index (χ1n) is 10.6. The molecule has 1 aliphatic heterocycles. The van der Waals surface area contributed by atoms with E-state index in [2.05, 4.69) is 5.32 Å². The zero-order valence-corrected chi connectivity index (χ0v) is 18.3. The monoisotopic (exact) mass is 466 g/mol. The average molecular weight is 466 g/mol. The Hall–Kier alpha value is -3.30. The van der Waals surface area contributed by atoms with Crippen molar-refractivity contribution in [1.29, 1.82) is 0 Å². The molecule has 3 rings (SSSR count). The van der Waals surface area contributed by atoms with Gasteiger partial charge in [-0.05, 0) is 30.5 Å². The molecule has 2 heterocycles. The summed E-state index contributed by atoms with van der Waals surface area (Å²) in [6, 6.07) is 3.03. The number of hydrogen-bond donors (Lipinski definition) is 1. The zero-order chi connectivity index (χ0) is 24.1. The van der Waals surface area contributed by atoms with Crippen LogP contribution in [0.5, 0.6) is 0 Å². The van der Waals surface area contributed by atoms with E-state index in [0.717, 1.165) is 6.07 Å². The van der Waals surface area contributed by atoms with Crippen LogP contribution in [-0.4, -0.2) is 34.8 Å². The second kappa shape index (κ2) is 10.5. The maximum absolute atomic E-state index is 14.1. The third kappa shape index (κ3) is 6.15. The number of ether oxygens (including phenoxy) is 1. The number of likely N-dealkylation sites (tertiary alicyclic amines) is 1. The fourth-order valence-electron chi connectivity index (χ4n) is 3.70. The van der Waals surface area contributed by atoms with Gasteiger partial charge >= 0.3 is 5.97 Å². The second-order valence-corrected chi connectivity index (χ2v) is 8.26. The van der Waals surface area contributed by atoms with Crippen LogP contribution in [0.4, 0.5) is 13.2 Å². The van der Waals surface area contributed by atoms with Crippen LogP contribution >= 0.6 is 0 Å². The minimum absolute atomic E-state index is 0.0778. The molecule has 7 nitrogen and oxygen atoms in total. The Morgan fingerprint density at radius 3 is 2.70 bits per heavy atom. The number of esters is 1. The Balaban J connectivity index is 1.62. The van der Waals surface area contributed by atoms with Crippen molar-refractivity contribution in [3.8, 4) is 0 Å². The number of carbonyl (C=O) groups is 3. The van der Waals surface area contributed by atoms with E-state index in [1.54, 1.807) is 26.0 Å². The first-order chi connectivity index (χ1) is 15.7. The van der Waals surface area contributed by atoms with Crippen molar-refractivity contribution < 1.29 is 36.7 Å². The third-order valence-corrected chi connectivity index (χ3v) is 5.46. The maximum Gasteiger partial charge on any atom is 0.329 e. The van der Waals surface area contributed by atoms with Crippen molar-refractivity contribution in [3.05, 3.63) is 59.3 Å². The molecule has 1 fully saturated rings. The largest absolute Gasteiger partial charge is 0.466 e. The summed E-state index contributed by atoms with van der Waals surface area (Å²) in [5.74, 6) is -4.85. The number of nitrogens with one attached hydrogen (secondary N) is 1. The number of nitrogens with zero attached hydrogens (tertiary/aromatic N) is 1. The fourth-order valence-corrected chi connectivity index (χ4v) is 3.70. The molecule has 0 radical (unpaired) electrons. The van der Waals surface area contributed by atoms with Gasteiger partial charge in [-0.2, -0.15) is 0 Å². The Labute approximate surface area is 188 Å². The van der Waals surface area contributed by atoms with E-state index in [1.807, 2.05) is 0 Å². The molecule has 1 saturated heterocycles. The van der Waals surface area contributed by atoms with E-state index in [0.29, 0.717) is 18.2 Å². The van der Waals surface area contributed by atoms with Gasteiger partial charge in [0, 0.05) is 37.1 Å². The highest BCUT2D eigenvalue weighted by molar-refractivity contribution is 5.86. The lowest BCUT2D eigenvalue weighted by Gasteiger charge is -2.26. The molecular weight excluding hydrogens is 441 g/mol. The smallest absolute Gasteiger partial charge is 0.329 e. The Bertz CT molecular complexity index is 1010. The zero-order valence-electron chi connectivity index (χ0n) is 18.3. The summed E-state index contributed by atoms with van der Waals surface area (Å²) in [5, 5.41) is 2.63. The molecule has 0 aliphatic carbocycles. The first kappa shape index (κ1) is 24.3. The highest BCUT2D eigenvalue weighted by Gasteiger charge is 2.35. The lowest BCUT2D eigenvalue weighted by molar-refractivity contribution is -0.151. The van der Waals surface area contributed by atoms with E-state index in [9.17, 15) is 27.6 Å². The van der Waals surface area contributed by atoms with Crippen LogP contribution in [0.15, 0.2) is 34.9 Å². The SMILES string of the molecule is CC(C)[C@H](NC(=O)C[C@@H]1CCC(=O)N1Cc1cc(F)cc(F)c1F)C(=O)OCc1ccco1. The molecule has 0 spiro atoms. The highest BCUT2D eigenvalue weighted by Crippen LogP contribution is 2.26. The van der Waals surface area contributed by atoms with Gasteiger partial charge in [-0.1, -0.05) is 13.8 Å². The van der Waals surface area contributed by atoms with Gasteiger partial charge in [-0.25, -0.2) is 18.0 Å². The van der Waals surface area contributed by atoms with Crippen LogP contribution in [0.2, 0.25) is 0 Å². The van der Waals surface area contributed by atoms with Crippen LogP contribution in [0.25, 0.3) is 0 Å². The minimum Gasteiger partial charge on any atom is -0.466 e. The van der Waals surface area contributed by atoms with Gasteiger partial charge in [-0.3, -0.25) is 9.59 Å². The number of halogens is 3. The number of amides is 2. The molecular formula is C23H25F3N2O5. The lowest BCUT2D eigenvalue weighted by Crippen LogP contribution is -2.47. The third-order valence-electron chi connectivity index (χ3n) is 5.46. The molecule has 33 heavy (non-hydrogen) atoms. The normalized spacial score (nSPS) is 16.8. The molecule has 2 amide bonds. The predicted octanol–water partition coefficient (Wildman–Crippen LogP) is 3.46. The van der Waals surface area contributed by atoms with E-state index in [1.165, 1.54) is 11.2 Å². The molecule has 1 aliphatic rings. The lowest BCUT2D eigenvalue weighted by atomic mass is 10.0. The molecule has 2 aromatic rings. The quantitative estimate of drug-likeness (QED) is 0.452. The maximum atomic E-state index is 14.1. The molecule has 10 heteroatoms. The summed E-state index contributed by atoms with van der Waals surface area (Å²) < 4.78 is 51.4. The summed E-state index contributed by atoms with van der Waals surface area (Å²) in [6.45, 7) is 3.04. The summed E-state index contributed by atoms with van der Waals surface area (Å²) in [5.41, 5.74) is -0.310. The number of benzene rings is 1. The van der Waals surface area contributed by atoms with Crippen molar-refractivity contribution in [2.45, 2.75) is 58.3 Å². The number of carbonyl (C=O) groups excluding carboxylic acids is 3. The van der Waals surface area contributed by atoms with Crippen LogP contribution in [0.3, 0.4) is 0 Å². The van der Waals surface area contributed by atoms with Gasteiger partial charge in [-0.15, -0.1) is 0 Å². The van der Waals surface area contributed by atoms with Crippen molar-refractivity contribution >= 4 is 17.8 Å². The number of hydrogen-bond acceptors (Lipinski definition) is 5. The average Bonchev–Trinajstić information content (AvgIpc) is 3.39. The molecule has 2 atom stereocenters. The van der Waals surface area contributed by atoms with E-state index < -0.39 is 41.4 Å². The highest BCUT2D eigenvalue weighted by atomic mass is 19.2. The Kier molecular flexibility index (Phi) is 7.78. The van der Waals surface area contributed by atoms with Gasteiger partial charge in [0.15, 0.2) is 11.6 Å². The fraction of sp³-hybridized carbons (Fsp3) is 0.435. The minimum atomic E-state index is -1.35. The van der Waals surface area contributed by atoms with Crippen LogP contribution in [0.1, 0.15) is 44.4 Å². The molecule has 1 aromatic carbocycles. The van der Waals surface area contributed by atoms with Crippen molar-refractivity contribution in [2.24, 2.45) is 5.92 Å². The van der Waals surface area contributed by atoms with Crippen LogP contribution < -0.4 is 5.32 Å². The van der Waals surface area contributed by atoms with E-state index in [-0.39, 0.29) is 43.4 Å². The van der Waals surface area contributed by atoms with Gasteiger partial charge in [0.05, 0.1) is 6.26 Å². The molecule has 0 saturated carbocycles. The summed E-state index contributed by atoms with van der Waals surface area (Å²) in [6.07, 6.45) is 1.74. The molecule has 178 valence electrons. The van der Waals surface area contributed by atoms with Gasteiger partial charge in [0.25, 0.3) is 0 Å². The number of furan rings is 1. The number of rotatable bonds is 9. The first-order valence-corrected chi connectivity index (χ1v) is 10.6. The molecule has 0 unspecified atom stereocenters. The summed E-state index contributed by atoms with van der Waals surface area (Å²) >= 11 is 0. The van der Waals surface area contributed by atoms with Crippen molar-refractivity contribution in [3.63, 3.8) is 0 Å².